The standard InChI is InChI=1S/C21H22N4O3/c26-21(16-9-10-20(22-14-16)25-12-5-11-23-25)24-18-7-1-2-8-19(18)28-15-17-6-3-4-13-27-17/h1-2,5,7-12,14,17H,3-4,6,13,15H2,(H,24,26). The molecule has 1 unspecified atom stereocenters. The van der Waals surface area contributed by atoms with Gasteiger partial charge in [0.1, 0.15) is 12.4 Å². The van der Waals surface area contributed by atoms with E-state index in [9.17, 15) is 4.79 Å². The van der Waals surface area contributed by atoms with Gasteiger partial charge in [0, 0.05) is 25.2 Å². The predicted octanol–water partition coefficient (Wildman–Crippen LogP) is 3.47. The maximum atomic E-state index is 12.6. The summed E-state index contributed by atoms with van der Waals surface area (Å²) in [5.74, 6) is 1.04. The molecular formula is C21H22N4O3. The van der Waals surface area contributed by atoms with Crippen LogP contribution in [0.25, 0.3) is 5.82 Å². The topological polar surface area (TPSA) is 78.3 Å². The average Bonchev–Trinajstić information content (AvgIpc) is 3.29. The minimum atomic E-state index is -0.246. The Kier molecular flexibility index (Phi) is 5.63. The second kappa shape index (κ2) is 8.67. The highest BCUT2D eigenvalue weighted by molar-refractivity contribution is 6.04. The SMILES string of the molecule is O=C(Nc1ccccc1OCC1CCCCO1)c1ccc(-n2cccn2)nc1. The quantitative estimate of drug-likeness (QED) is 0.711. The first-order chi connectivity index (χ1) is 13.8. The van der Waals surface area contributed by atoms with E-state index in [2.05, 4.69) is 15.4 Å². The number of carbonyl (C=O) groups is 1. The van der Waals surface area contributed by atoms with Crippen LogP contribution in [0.1, 0.15) is 29.6 Å². The van der Waals surface area contributed by atoms with Crippen molar-refractivity contribution in [1.82, 2.24) is 14.8 Å². The molecule has 1 atom stereocenters. The second-order valence-electron chi connectivity index (χ2n) is 6.61. The van der Waals surface area contributed by atoms with Gasteiger partial charge in [-0.1, -0.05) is 12.1 Å². The highest BCUT2D eigenvalue weighted by atomic mass is 16.5. The Morgan fingerprint density at radius 2 is 2.14 bits per heavy atom. The Balaban J connectivity index is 1.41. The summed E-state index contributed by atoms with van der Waals surface area (Å²) in [6.07, 6.45) is 8.39. The lowest BCUT2D eigenvalue weighted by molar-refractivity contribution is -0.0109. The van der Waals surface area contributed by atoms with E-state index in [1.807, 2.05) is 30.3 Å². The molecule has 3 heterocycles. The van der Waals surface area contributed by atoms with Crippen molar-refractivity contribution in [2.24, 2.45) is 0 Å². The molecule has 0 spiro atoms. The van der Waals surface area contributed by atoms with Crippen molar-refractivity contribution in [3.63, 3.8) is 0 Å². The normalized spacial score (nSPS) is 16.5. The van der Waals surface area contributed by atoms with E-state index in [0.29, 0.717) is 29.4 Å². The molecule has 1 fully saturated rings. The number of para-hydroxylation sites is 2. The van der Waals surface area contributed by atoms with E-state index in [-0.39, 0.29) is 12.0 Å². The van der Waals surface area contributed by atoms with Crippen LogP contribution in [0.3, 0.4) is 0 Å². The summed E-state index contributed by atoms with van der Waals surface area (Å²) in [4.78, 5) is 16.9. The third-order valence-corrected chi connectivity index (χ3v) is 4.58. The van der Waals surface area contributed by atoms with Gasteiger partial charge in [-0.15, -0.1) is 0 Å². The lowest BCUT2D eigenvalue weighted by Crippen LogP contribution is -2.26. The molecule has 7 nitrogen and oxygen atoms in total. The number of nitrogens with zero attached hydrogens (tertiary/aromatic N) is 3. The molecule has 0 aliphatic carbocycles. The van der Waals surface area contributed by atoms with E-state index in [1.54, 1.807) is 29.2 Å². The second-order valence-corrected chi connectivity index (χ2v) is 6.61. The summed E-state index contributed by atoms with van der Waals surface area (Å²) >= 11 is 0. The summed E-state index contributed by atoms with van der Waals surface area (Å²) in [5, 5.41) is 7.03. The predicted molar refractivity (Wildman–Crippen MR) is 105 cm³/mol. The highest BCUT2D eigenvalue weighted by Crippen LogP contribution is 2.25. The number of aromatic nitrogens is 3. The molecule has 1 amide bonds. The van der Waals surface area contributed by atoms with Crippen molar-refractivity contribution >= 4 is 11.6 Å². The molecule has 2 aromatic heterocycles. The monoisotopic (exact) mass is 378 g/mol. The van der Waals surface area contributed by atoms with E-state index < -0.39 is 0 Å². The van der Waals surface area contributed by atoms with Crippen molar-refractivity contribution in [2.75, 3.05) is 18.5 Å². The fraction of sp³-hybridized carbons (Fsp3) is 0.286. The third kappa shape index (κ3) is 4.37. The number of carbonyl (C=O) groups excluding carboxylic acids is 1. The fourth-order valence-electron chi connectivity index (χ4n) is 3.07. The molecule has 7 heteroatoms. The summed E-state index contributed by atoms with van der Waals surface area (Å²) in [6.45, 7) is 1.26. The van der Waals surface area contributed by atoms with Crippen LogP contribution in [0.15, 0.2) is 61.1 Å². The largest absolute Gasteiger partial charge is 0.489 e. The molecule has 3 aromatic rings. The Morgan fingerprint density at radius 1 is 1.21 bits per heavy atom. The number of pyridine rings is 1. The number of anilines is 1. The van der Waals surface area contributed by atoms with Gasteiger partial charge >= 0.3 is 0 Å². The highest BCUT2D eigenvalue weighted by Gasteiger charge is 2.16. The zero-order valence-corrected chi connectivity index (χ0v) is 15.5. The summed E-state index contributed by atoms with van der Waals surface area (Å²) in [6, 6.07) is 12.7. The molecule has 1 aromatic carbocycles. The molecule has 4 rings (SSSR count). The Hall–Kier alpha value is -3.19. The zero-order valence-electron chi connectivity index (χ0n) is 15.5. The van der Waals surface area contributed by atoms with Gasteiger partial charge < -0.3 is 14.8 Å². The van der Waals surface area contributed by atoms with Crippen LogP contribution < -0.4 is 10.1 Å². The minimum absolute atomic E-state index is 0.108. The molecule has 28 heavy (non-hydrogen) atoms. The van der Waals surface area contributed by atoms with E-state index in [4.69, 9.17) is 9.47 Å². The minimum Gasteiger partial charge on any atom is -0.489 e. The summed E-state index contributed by atoms with van der Waals surface area (Å²) in [5.41, 5.74) is 1.08. The van der Waals surface area contributed by atoms with Crippen LogP contribution >= 0.6 is 0 Å². The first-order valence-electron chi connectivity index (χ1n) is 9.40. The van der Waals surface area contributed by atoms with Crippen molar-refractivity contribution in [2.45, 2.75) is 25.4 Å². The van der Waals surface area contributed by atoms with Crippen LogP contribution in [0.2, 0.25) is 0 Å². The first kappa shape index (κ1) is 18.2. The summed E-state index contributed by atoms with van der Waals surface area (Å²) in [7, 11) is 0. The molecule has 1 N–H and O–H groups in total. The number of hydrogen-bond acceptors (Lipinski definition) is 5. The number of amides is 1. The average molecular weight is 378 g/mol. The van der Waals surface area contributed by atoms with Crippen LogP contribution in [0.5, 0.6) is 5.75 Å². The lowest BCUT2D eigenvalue weighted by atomic mass is 10.1. The molecule has 1 saturated heterocycles. The number of benzene rings is 1. The number of rotatable bonds is 6. The van der Waals surface area contributed by atoms with Crippen molar-refractivity contribution < 1.29 is 14.3 Å². The molecule has 0 bridgehead atoms. The third-order valence-electron chi connectivity index (χ3n) is 4.58. The van der Waals surface area contributed by atoms with Crippen molar-refractivity contribution in [3.8, 4) is 11.6 Å². The van der Waals surface area contributed by atoms with Crippen molar-refractivity contribution in [3.05, 3.63) is 66.6 Å². The van der Waals surface area contributed by atoms with Gasteiger partial charge in [0.15, 0.2) is 5.82 Å². The number of ether oxygens (including phenoxy) is 2. The maximum Gasteiger partial charge on any atom is 0.257 e. The maximum absolute atomic E-state index is 12.6. The lowest BCUT2D eigenvalue weighted by Gasteiger charge is -2.23. The molecule has 0 saturated carbocycles. The smallest absolute Gasteiger partial charge is 0.257 e. The Labute approximate surface area is 163 Å². The van der Waals surface area contributed by atoms with Gasteiger partial charge in [0.2, 0.25) is 0 Å². The van der Waals surface area contributed by atoms with E-state index >= 15 is 0 Å². The van der Waals surface area contributed by atoms with E-state index in [0.717, 1.165) is 25.9 Å². The number of nitrogens with one attached hydrogen (secondary N) is 1. The molecule has 1 aliphatic heterocycles. The van der Waals surface area contributed by atoms with Gasteiger partial charge in [-0.2, -0.15) is 5.10 Å². The molecule has 0 radical (unpaired) electrons. The van der Waals surface area contributed by atoms with Gasteiger partial charge in [-0.3, -0.25) is 4.79 Å². The van der Waals surface area contributed by atoms with E-state index in [1.165, 1.54) is 6.20 Å². The number of hydrogen-bond donors (Lipinski definition) is 1. The van der Waals surface area contributed by atoms with Crippen LogP contribution in [0.4, 0.5) is 5.69 Å². The van der Waals surface area contributed by atoms with Crippen LogP contribution in [0, 0.1) is 0 Å². The zero-order chi connectivity index (χ0) is 19.2. The van der Waals surface area contributed by atoms with Gasteiger partial charge in [0.05, 0.1) is 17.4 Å². The Morgan fingerprint density at radius 3 is 2.89 bits per heavy atom. The molecule has 144 valence electrons. The first-order valence-corrected chi connectivity index (χ1v) is 9.40. The Bertz CT molecular complexity index is 904. The van der Waals surface area contributed by atoms with Gasteiger partial charge in [-0.05, 0) is 49.6 Å². The fourth-order valence-corrected chi connectivity index (χ4v) is 3.07. The molecule has 1 aliphatic rings. The van der Waals surface area contributed by atoms with Crippen LogP contribution in [-0.2, 0) is 4.74 Å². The van der Waals surface area contributed by atoms with Gasteiger partial charge in [-0.25, -0.2) is 9.67 Å². The molecular weight excluding hydrogens is 356 g/mol. The van der Waals surface area contributed by atoms with Crippen LogP contribution in [-0.4, -0.2) is 40.0 Å². The van der Waals surface area contributed by atoms with Gasteiger partial charge in [0.25, 0.3) is 5.91 Å². The summed E-state index contributed by atoms with van der Waals surface area (Å²) < 4.78 is 13.3. The van der Waals surface area contributed by atoms with Crippen molar-refractivity contribution in [1.29, 1.82) is 0 Å².